The molecule has 2 rings (SSSR count). The van der Waals surface area contributed by atoms with Gasteiger partial charge in [-0.1, -0.05) is 12.1 Å². The van der Waals surface area contributed by atoms with Gasteiger partial charge in [-0.2, -0.15) is 0 Å². The molecule has 1 saturated heterocycles. The van der Waals surface area contributed by atoms with E-state index in [0.29, 0.717) is 25.6 Å². The molecule has 1 aliphatic heterocycles. The van der Waals surface area contributed by atoms with Crippen LogP contribution in [-0.4, -0.2) is 45.4 Å². The second kappa shape index (κ2) is 7.85. The molecule has 1 heterocycles. The molecule has 0 atom stereocenters. The molecule has 0 saturated carbocycles. The third-order valence-electron chi connectivity index (χ3n) is 4.06. The maximum absolute atomic E-state index is 13.5. The van der Waals surface area contributed by atoms with Gasteiger partial charge in [0.2, 0.25) is 15.9 Å². The van der Waals surface area contributed by atoms with Crippen molar-refractivity contribution in [3.05, 3.63) is 30.1 Å². The first-order chi connectivity index (χ1) is 10.9. The molecule has 23 heavy (non-hydrogen) atoms. The summed E-state index contributed by atoms with van der Waals surface area (Å²) in [4.78, 5) is 13.4. The lowest BCUT2D eigenvalue weighted by Gasteiger charge is -2.31. The van der Waals surface area contributed by atoms with E-state index < -0.39 is 20.7 Å². The fourth-order valence-corrected chi connectivity index (χ4v) is 3.72. The summed E-state index contributed by atoms with van der Waals surface area (Å²) in [6.45, 7) is 1.89. The van der Waals surface area contributed by atoms with Gasteiger partial charge in [0, 0.05) is 26.1 Å². The van der Waals surface area contributed by atoms with E-state index in [1.807, 2.05) is 0 Å². The fourth-order valence-electron chi connectivity index (χ4n) is 2.61. The smallest absolute Gasteiger partial charge is 0.243 e. The predicted octanol–water partition coefficient (Wildman–Crippen LogP) is 0.691. The van der Waals surface area contributed by atoms with Gasteiger partial charge in [0.05, 0.1) is 0 Å². The topological polar surface area (TPSA) is 92.5 Å². The predicted molar refractivity (Wildman–Crippen MR) is 84.6 cm³/mol. The van der Waals surface area contributed by atoms with Crippen molar-refractivity contribution >= 4 is 15.9 Å². The number of likely N-dealkylation sites (tertiary alicyclic amines) is 1. The fraction of sp³-hybridized carbons (Fsp3) is 0.533. The zero-order chi connectivity index (χ0) is 16.9. The summed E-state index contributed by atoms with van der Waals surface area (Å²) in [6.07, 6.45) is 1.81. The molecule has 1 amide bonds. The van der Waals surface area contributed by atoms with Crippen molar-refractivity contribution in [1.82, 2.24) is 9.62 Å². The molecule has 0 bridgehead atoms. The number of nitrogens with one attached hydrogen (secondary N) is 1. The molecule has 0 radical (unpaired) electrons. The number of hydrogen-bond donors (Lipinski definition) is 2. The van der Waals surface area contributed by atoms with Crippen LogP contribution in [0.25, 0.3) is 0 Å². The largest absolute Gasteiger partial charge is 0.343 e. The molecule has 0 aliphatic carbocycles. The van der Waals surface area contributed by atoms with Crippen molar-refractivity contribution in [3.63, 3.8) is 0 Å². The molecule has 1 aromatic carbocycles. The Morgan fingerprint density at radius 1 is 1.30 bits per heavy atom. The molecular weight excluding hydrogens is 321 g/mol. The number of halogens is 1. The van der Waals surface area contributed by atoms with Gasteiger partial charge in [-0.05, 0) is 37.4 Å². The average molecular weight is 343 g/mol. The van der Waals surface area contributed by atoms with Crippen LogP contribution < -0.4 is 10.5 Å². The SMILES string of the molecule is NCC1CCN(C(=O)CCNS(=O)(=O)c2ccccc2F)CC1. The number of benzene rings is 1. The Hall–Kier alpha value is -1.51. The summed E-state index contributed by atoms with van der Waals surface area (Å²) < 4.78 is 39.8. The van der Waals surface area contributed by atoms with Crippen LogP contribution >= 0.6 is 0 Å². The van der Waals surface area contributed by atoms with Crippen LogP contribution in [0, 0.1) is 11.7 Å². The normalized spacial score (nSPS) is 16.5. The van der Waals surface area contributed by atoms with Crippen LogP contribution in [0.3, 0.4) is 0 Å². The minimum atomic E-state index is -3.94. The summed E-state index contributed by atoms with van der Waals surface area (Å²) in [7, 11) is -3.94. The van der Waals surface area contributed by atoms with Crippen LogP contribution in [0.5, 0.6) is 0 Å². The van der Waals surface area contributed by atoms with Gasteiger partial charge in [-0.15, -0.1) is 0 Å². The zero-order valence-corrected chi connectivity index (χ0v) is 13.7. The van der Waals surface area contributed by atoms with Crippen LogP contribution in [0.15, 0.2) is 29.2 Å². The maximum atomic E-state index is 13.5. The Bertz CT molecular complexity index is 643. The number of sulfonamides is 1. The van der Waals surface area contributed by atoms with E-state index >= 15 is 0 Å². The number of rotatable bonds is 6. The molecule has 8 heteroatoms. The highest BCUT2D eigenvalue weighted by atomic mass is 32.2. The third-order valence-corrected chi connectivity index (χ3v) is 5.55. The number of piperidine rings is 1. The van der Waals surface area contributed by atoms with Crippen LogP contribution in [0.4, 0.5) is 4.39 Å². The highest BCUT2D eigenvalue weighted by Crippen LogP contribution is 2.16. The summed E-state index contributed by atoms with van der Waals surface area (Å²) in [5, 5.41) is 0. The van der Waals surface area contributed by atoms with E-state index in [4.69, 9.17) is 5.73 Å². The van der Waals surface area contributed by atoms with Crippen LogP contribution in [0.1, 0.15) is 19.3 Å². The van der Waals surface area contributed by atoms with E-state index in [2.05, 4.69) is 4.72 Å². The summed E-state index contributed by atoms with van der Waals surface area (Å²) in [5.41, 5.74) is 5.61. The molecule has 0 spiro atoms. The molecule has 1 fully saturated rings. The van der Waals surface area contributed by atoms with E-state index in [1.54, 1.807) is 4.90 Å². The van der Waals surface area contributed by atoms with Gasteiger partial charge in [0.1, 0.15) is 10.7 Å². The summed E-state index contributed by atoms with van der Waals surface area (Å²) in [5.74, 6) is -0.453. The van der Waals surface area contributed by atoms with E-state index in [1.165, 1.54) is 18.2 Å². The minimum absolute atomic E-state index is 0.0493. The highest BCUT2D eigenvalue weighted by Gasteiger charge is 2.23. The van der Waals surface area contributed by atoms with Gasteiger partial charge < -0.3 is 10.6 Å². The number of nitrogens with zero attached hydrogens (tertiary/aromatic N) is 1. The molecule has 128 valence electrons. The lowest BCUT2D eigenvalue weighted by molar-refractivity contribution is -0.132. The quantitative estimate of drug-likeness (QED) is 0.795. The van der Waals surface area contributed by atoms with Crippen LogP contribution in [-0.2, 0) is 14.8 Å². The molecular formula is C15H22FN3O3S. The van der Waals surface area contributed by atoms with Crippen molar-refractivity contribution < 1.29 is 17.6 Å². The van der Waals surface area contributed by atoms with Crippen molar-refractivity contribution in [3.8, 4) is 0 Å². The molecule has 6 nitrogen and oxygen atoms in total. The summed E-state index contributed by atoms with van der Waals surface area (Å²) in [6, 6.07) is 5.14. The van der Waals surface area contributed by atoms with E-state index in [0.717, 1.165) is 18.9 Å². The second-order valence-corrected chi connectivity index (χ2v) is 7.37. The first kappa shape index (κ1) is 17.8. The highest BCUT2D eigenvalue weighted by molar-refractivity contribution is 7.89. The number of hydrogen-bond acceptors (Lipinski definition) is 4. The average Bonchev–Trinajstić information content (AvgIpc) is 2.55. The number of nitrogens with two attached hydrogens (primary N) is 1. The molecule has 1 aliphatic rings. The lowest BCUT2D eigenvalue weighted by Crippen LogP contribution is -2.41. The Kier molecular flexibility index (Phi) is 6.09. The summed E-state index contributed by atoms with van der Waals surface area (Å²) >= 11 is 0. The van der Waals surface area contributed by atoms with Gasteiger partial charge in [-0.3, -0.25) is 4.79 Å². The first-order valence-electron chi connectivity index (χ1n) is 7.66. The van der Waals surface area contributed by atoms with Crippen molar-refractivity contribution in [2.45, 2.75) is 24.2 Å². The molecule has 0 aromatic heterocycles. The third kappa shape index (κ3) is 4.73. The van der Waals surface area contributed by atoms with Gasteiger partial charge in [-0.25, -0.2) is 17.5 Å². The Labute approximate surface area is 135 Å². The second-order valence-electron chi connectivity index (χ2n) is 5.64. The maximum Gasteiger partial charge on any atom is 0.243 e. The van der Waals surface area contributed by atoms with E-state index in [9.17, 15) is 17.6 Å². The number of carbonyl (C=O) groups excluding carboxylic acids is 1. The molecule has 1 aromatic rings. The van der Waals surface area contributed by atoms with Gasteiger partial charge in [0.15, 0.2) is 0 Å². The molecule has 3 N–H and O–H groups in total. The molecule has 0 unspecified atom stereocenters. The lowest BCUT2D eigenvalue weighted by atomic mass is 9.97. The Morgan fingerprint density at radius 2 is 1.96 bits per heavy atom. The van der Waals surface area contributed by atoms with Crippen LogP contribution in [0.2, 0.25) is 0 Å². The number of carbonyl (C=O) groups is 1. The van der Waals surface area contributed by atoms with E-state index in [-0.39, 0.29) is 18.9 Å². The Morgan fingerprint density at radius 3 is 2.57 bits per heavy atom. The number of amides is 1. The van der Waals surface area contributed by atoms with Crippen molar-refractivity contribution in [1.29, 1.82) is 0 Å². The Balaban J connectivity index is 1.83. The van der Waals surface area contributed by atoms with Crippen molar-refractivity contribution in [2.75, 3.05) is 26.2 Å². The first-order valence-corrected chi connectivity index (χ1v) is 9.14. The van der Waals surface area contributed by atoms with Crippen molar-refractivity contribution in [2.24, 2.45) is 11.7 Å². The monoisotopic (exact) mass is 343 g/mol. The standard InChI is InChI=1S/C15H22FN3O3S/c16-13-3-1-2-4-14(13)23(21,22)18-8-5-15(20)19-9-6-12(11-17)7-10-19/h1-4,12,18H,5-11,17H2. The van der Waals surface area contributed by atoms with Gasteiger partial charge in [0.25, 0.3) is 0 Å². The van der Waals surface area contributed by atoms with Gasteiger partial charge >= 0.3 is 0 Å². The zero-order valence-electron chi connectivity index (χ0n) is 12.9. The minimum Gasteiger partial charge on any atom is -0.343 e.